The third kappa shape index (κ3) is 4.72. The lowest BCUT2D eigenvalue weighted by Gasteiger charge is -2.12. The van der Waals surface area contributed by atoms with Gasteiger partial charge in [-0.25, -0.2) is 0 Å². The number of nitrogens with two attached hydrogens (primary N) is 2. The minimum absolute atomic E-state index is 0.0449. The smallest absolute Gasteiger partial charge is 0.152 e. The van der Waals surface area contributed by atoms with Gasteiger partial charge in [0, 0.05) is 11.6 Å². The lowest BCUT2D eigenvalue weighted by atomic mass is 9.96. The van der Waals surface area contributed by atoms with Crippen LogP contribution in [0.15, 0.2) is 42.5 Å². The van der Waals surface area contributed by atoms with Gasteiger partial charge in [-0.2, -0.15) is 0 Å². The molecule has 0 saturated heterocycles. The van der Waals surface area contributed by atoms with E-state index in [2.05, 4.69) is 6.58 Å². The number of ketones is 1. The van der Waals surface area contributed by atoms with Crippen LogP contribution in [0.2, 0.25) is 0 Å². The van der Waals surface area contributed by atoms with Crippen LogP contribution in [0.3, 0.4) is 0 Å². The molecule has 1 aromatic carbocycles. The Hall–Kier alpha value is -1.87. The van der Waals surface area contributed by atoms with Gasteiger partial charge >= 0.3 is 0 Å². The number of allylic oxidation sites excluding steroid dienone is 1. The molecule has 1 aromatic rings. The Morgan fingerprint density at radius 3 is 2.58 bits per heavy atom. The van der Waals surface area contributed by atoms with Gasteiger partial charge in [0.25, 0.3) is 0 Å². The maximum absolute atomic E-state index is 11.7. The van der Waals surface area contributed by atoms with Crippen molar-refractivity contribution in [3.63, 3.8) is 0 Å². The second-order valence-electron chi connectivity index (χ2n) is 4.99. The van der Waals surface area contributed by atoms with Crippen LogP contribution < -0.4 is 11.5 Å². The molecule has 0 aromatic heterocycles. The fourth-order valence-electron chi connectivity index (χ4n) is 1.75. The van der Waals surface area contributed by atoms with Gasteiger partial charge in [-0.05, 0) is 18.1 Å². The summed E-state index contributed by atoms with van der Waals surface area (Å²) in [6.07, 6.45) is 4.23. The summed E-state index contributed by atoms with van der Waals surface area (Å²) in [7, 11) is 0. The average Bonchev–Trinajstić information content (AvgIpc) is 2.36. The number of carbonyl (C=O) groups is 1. The summed E-state index contributed by atoms with van der Waals surface area (Å²) in [5.74, 6) is 0.0188. The molecular formula is C16H22N2O. The Morgan fingerprint density at radius 1 is 1.37 bits per heavy atom. The van der Waals surface area contributed by atoms with Crippen LogP contribution in [-0.4, -0.2) is 11.8 Å². The second-order valence-corrected chi connectivity index (χ2v) is 4.99. The molecule has 0 amide bonds. The van der Waals surface area contributed by atoms with E-state index < -0.39 is 6.04 Å². The summed E-state index contributed by atoms with van der Waals surface area (Å²) in [6, 6.07) is 7.10. The molecule has 3 heteroatoms. The SMILES string of the molecule is C=C(/C=C\c1ccccc1N)C[C@H](N)C(=O)C(C)C. The maximum Gasteiger partial charge on any atom is 0.152 e. The number of Topliss-reactive ketones (excluding diaryl/α,β-unsaturated/α-hetero) is 1. The maximum atomic E-state index is 11.7. The molecule has 0 heterocycles. The van der Waals surface area contributed by atoms with E-state index in [4.69, 9.17) is 11.5 Å². The van der Waals surface area contributed by atoms with Crippen LogP contribution in [0, 0.1) is 5.92 Å². The zero-order valence-corrected chi connectivity index (χ0v) is 11.6. The van der Waals surface area contributed by atoms with Crippen molar-refractivity contribution in [2.24, 2.45) is 11.7 Å². The molecule has 0 unspecified atom stereocenters. The van der Waals surface area contributed by atoms with Crippen LogP contribution in [0.1, 0.15) is 25.8 Å². The fraction of sp³-hybridized carbons (Fsp3) is 0.312. The largest absolute Gasteiger partial charge is 0.398 e. The van der Waals surface area contributed by atoms with Gasteiger partial charge in [0.15, 0.2) is 5.78 Å². The van der Waals surface area contributed by atoms with E-state index in [0.717, 1.165) is 11.1 Å². The molecule has 4 N–H and O–H groups in total. The predicted molar refractivity (Wildman–Crippen MR) is 81.5 cm³/mol. The molecule has 19 heavy (non-hydrogen) atoms. The summed E-state index contributed by atoms with van der Waals surface area (Å²) in [5, 5.41) is 0. The summed E-state index contributed by atoms with van der Waals surface area (Å²) in [6.45, 7) is 7.63. The summed E-state index contributed by atoms with van der Waals surface area (Å²) >= 11 is 0. The number of nitrogen functional groups attached to an aromatic ring is 1. The van der Waals surface area contributed by atoms with E-state index >= 15 is 0 Å². The minimum atomic E-state index is -0.481. The zero-order chi connectivity index (χ0) is 14.4. The Balaban J connectivity index is 2.61. The lowest BCUT2D eigenvalue weighted by molar-refractivity contribution is -0.123. The number of para-hydroxylation sites is 1. The molecule has 1 atom stereocenters. The Morgan fingerprint density at radius 2 is 2.00 bits per heavy atom. The predicted octanol–water partition coefficient (Wildman–Crippen LogP) is 2.78. The summed E-state index contributed by atoms with van der Waals surface area (Å²) < 4.78 is 0. The third-order valence-corrected chi connectivity index (χ3v) is 2.91. The summed E-state index contributed by atoms with van der Waals surface area (Å²) in [5.41, 5.74) is 14.2. The van der Waals surface area contributed by atoms with E-state index in [9.17, 15) is 4.79 Å². The molecule has 3 nitrogen and oxygen atoms in total. The van der Waals surface area contributed by atoms with Crippen LogP contribution in [-0.2, 0) is 4.79 Å². The van der Waals surface area contributed by atoms with Gasteiger partial charge in [0.1, 0.15) is 0 Å². The Bertz CT molecular complexity index is 489. The van der Waals surface area contributed by atoms with Crippen LogP contribution in [0.25, 0.3) is 6.08 Å². The standard InChI is InChI=1S/C16H22N2O/c1-11(2)16(19)15(18)10-12(3)8-9-13-6-4-5-7-14(13)17/h4-9,11,15H,3,10,17-18H2,1-2H3/b9-8-/t15-/m0/s1. The molecule has 0 aliphatic heterocycles. The topological polar surface area (TPSA) is 69.1 Å². The summed E-state index contributed by atoms with van der Waals surface area (Å²) in [4.78, 5) is 11.7. The average molecular weight is 258 g/mol. The number of rotatable bonds is 6. The molecule has 0 spiro atoms. The van der Waals surface area contributed by atoms with Gasteiger partial charge < -0.3 is 11.5 Å². The number of hydrogen-bond acceptors (Lipinski definition) is 3. The number of hydrogen-bond donors (Lipinski definition) is 2. The van der Waals surface area contributed by atoms with Gasteiger partial charge in [0.2, 0.25) is 0 Å². The molecule has 0 saturated carbocycles. The highest BCUT2D eigenvalue weighted by Gasteiger charge is 2.16. The van der Waals surface area contributed by atoms with Crippen molar-refractivity contribution in [2.75, 3.05) is 5.73 Å². The molecular weight excluding hydrogens is 236 g/mol. The first-order chi connectivity index (χ1) is 8.91. The van der Waals surface area contributed by atoms with Gasteiger partial charge in [-0.1, -0.05) is 56.4 Å². The van der Waals surface area contributed by atoms with Crippen molar-refractivity contribution in [1.82, 2.24) is 0 Å². The first kappa shape index (κ1) is 15.2. The first-order valence-electron chi connectivity index (χ1n) is 6.41. The molecule has 0 aliphatic carbocycles. The number of carbonyl (C=O) groups excluding carboxylic acids is 1. The van der Waals surface area contributed by atoms with Gasteiger partial charge in [-0.3, -0.25) is 4.79 Å². The number of benzene rings is 1. The zero-order valence-electron chi connectivity index (χ0n) is 11.6. The molecule has 0 bridgehead atoms. The van der Waals surface area contributed by atoms with E-state index in [1.165, 1.54) is 0 Å². The van der Waals surface area contributed by atoms with E-state index in [1.807, 2.05) is 50.3 Å². The van der Waals surface area contributed by atoms with E-state index in [0.29, 0.717) is 12.1 Å². The fourth-order valence-corrected chi connectivity index (χ4v) is 1.75. The minimum Gasteiger partial charge on any atom is -0.398 e. The third-order valence-electron chi connectivity index (χ3n) is 2.91. The van der Waals surface area contributed by atoms with E-state index in [-0.39, 0.29) is 11.7 Å². The van der Waals surface area contributed by atoms with Crippen LogP contribution in [0.4, 0.5) is 5.69 Å². The lowest BCUT2D eigenvalue weighted by Crippen LogP contribution is -2.33. The Labute approximate surface area is 115 Å². The van der Waals surface area contributed by atoms with Crippen LogP contribution >= 0.6 is 0 Å². The van der Waals surface area contributed by atoms with Crippen molar-refractivity contribution in [3.8, 4) is 0 Å². The highest BCUT2D eigenvalue weighted by molar-refractivity contribution is 5.85. The van der Waals surface area contributed by atoms with Crippen molar-refractivity contribution in [3.05, 3.63) is 48.1 Å². The monoisotopic (exact) mass is 258 g/mol. The van der Waals surface area contributed by atoms with Gasteiger partial charge in [0.05, 0.1) is 6.04 Å². The van der Waals surface area contributed by atoms with E-state index in [1.54, 1.807) is 0 Å². The Kier molecular flexibility index (Phi) is 5.52. The molecule has 0 radical (unpaired) electrons. The van der Waals surface area contributed by atoms with Gasteiger partial charge in [-0.15, -0.1) is 0 Å². The molecule has 0 aliphatic rings. The molecule has 102 valence electrons. The van der Waals surface area contributed by atoms with Crippen LogP contribution in [0.5, 0.6) is 0 Å². The quantitative estimate of drug-likeness (QED) is 0.609. The molecule has 0 fully saturated rings. The second kappa shape index (κ2) is 6.90. The molecule has 1 rings (SSSR count). The van der Waals surface area contributed by atoms with Crippen molar-refractivity contribution in [1.29, 1.82) is 0 Å². The van der Waals surface area contributed by atoms with Crippen molar-refractivity contribution < 1.29 is 4.79 Å². The van der Waals surface area contributed by atoms with Crippen molar-refractivity contribution in [2.45, 2.75) is 26.3 Å². The first-order valence-corrected chi connectivity index (χ1v) is 6.41. The normalized spacial score (nSPS) is 12.8. The highest BCUT2D eigenvalue weighted by Crippen LogP contribution is 2.15. The number of anilines is 1. The van der Waals surface area contributed by atoms with Crippen molar-refractivity contribution >= 4 is 17.5 Å². The highest BCUT2D eigenvalue weighted by atomic mass is 16.1.